The average Bonchev–Trinajstić information content (AvgIpc) is 3.34. The topological polar surface area (TPSA) is 125 Å². The summed E-state index contributed by atoms with van der Waals surface area (Å²) >= 11 is 12.5. The quantitative estimate of drug-likeness (QED) is 0.113. The number of esters is 1. The second-order valence-electron chi connectivity index (χ2n) is 13.9. The number of carbonyl (C=O) groups is 3. The Morgan fingerprint density at radius 1 is 1.02 bits per heavy atom. The molecule has 2 N–H and O–H groups in total. The lowest BCUT2D eigenvalue weighted by Gasteiger charge is -2.40. The number of methoxy groups -OCH3 is 1. The van der Waals surface area contributed by atoms with Crippen molar-refractivity contribution in [3.63, 3.8) is 0 Å². The lowest BCUT2D eigenvalue weighted by Crippen LogP contribution is -2.47. The van der Waals surface area contributed by atoms with Crippen LogP contribution in [0.1, 0.15) is 75.4 Å². The van der Waals surface area contributed by atoms with E-state index in [0.717, 1.165) is 0 Å². The van der Waals surface area contributed by atoms with Crippen LogP contribution >= 0.6 is 23.2 Å². The van der Waals surface area contributed by atoms with E-state index in [1.807, 2.05) is 20.8 Å². The Morgan fingerprint density at radius 3 is 2.35 bits per heavy atom. The number of aliphatic imine (C=N–C) groups is 1. The molecule has 1 aliphatic rings. The molecule has 5 atom stereocenters. The van der Waals surface area contributed by atoms with E-state index in [4.69, 9.17) is 42.1 Å². The highest BCUT2D eigenvalue weighted by atomic mass is 35.5. The summed E-state index contributed by atoms with van der Waals surface area (Å²) < 4.78 is 52.9. The van der Waals surface area contributed by atoms with Crippen LogP contribution in [0.15, 0.2) is 59.6 Å². The van der Waals surface area contributed by atoms with E-state index in [9.17, 15) is 14.4 Å². The first-order valence-corrected chi connectivity index (χ1v) is 17.3. The Balaban J connectivity index is 1.78. The SMILES string of the molecule is C/N=C\[C@@]1(c2ccc(Cl)cc2F)C(c2cccc(Cl)c2F)[C@H](C(=O)Nc2ccc(C(=O)OC(C)OC(=O)OC(C)C)cc2OC)N[C@H]1CC(C)(C)C. The van der Waals surface area contributed by atoms with Crippen molar-refractivity contribution in [1.29, 1.82) is 0 Å². The largest absolute Gasteiger partial charge is 0.511 e. The molecular formula is C38H43Cl2F2N3O7. The summed E-state index contributed by atoms with van der Waals surface area (Å²) in [5.74, 6) is -3.85. The van der Waals surface area contributed by atoms with Crippen molar-refractivity contribution < 1.29 is 42.1 Å². The number of benzene rings is 3. The summed E-state index contributed by atoms with van der Waals surface area (Å²) in [5, 5.41) is 6.26. The third-order valence-electron chi connectivity index (χ3n) is 8.52. The first kappa shape index (κ1) is 40.5. The number of carbonyl (C=O) groups excluding carboxylic acids is 3. The van der Waals surface area contributed by atoms with Crippen LogP contribution in [0.4, 0.5) is 19.3 Å². The third-order valence-corrected chi connectivity index (χ3v) is 9.05. The van der Waals surface area contributed by atoms with Crippen LogP contribution in [0.5, 0.6) is 5.75 Å². The number of rotatable bonds is 11. The molecule has 1 aliphatic heterocycles. The standard InChI is InChI=1S/C38H43Cl2F2N3O7/c1-20(2)50-36(48)52-21(3)51-35(47)22-12-15-28(29(16-22)49-8)44-34(46)33-31(24-10-9-11-26(40)32(24)42)38(19-43-7,30(45-33)18-37(4,5)6)25-14-13-23(39)17-27(25)41/h9-17,19-21,30-31,33,45H,18H2,1-8H3,(H,44,46)/b43-19-/t21?,30-,31?,33+,38-/m0/s1. The van der Waals surface area contributed by atoms with Gasteiger partial charge in [0.1, 0.15) is 17.4 Å². The van der Waals surface area contributed by atoms with Crippen LogP contribution in [0.25, 0.3) is 0 Å². The highest BCUT2D eigenvalue weighted by Crippen LogP contribution is 2.52. The molecule has 0 radical (unpaired) electrons. The number of hydrogen-bond donors (Lipinski definition) is 2. The molecule has 3 aromatic carbocycles. The maximum Gasteiger partial charge on any atom is 0.511 e. The van der Waals surface area contributed by atoms with Gasteiger partial charge in [-0.15, -0.1) is 0 Å². The first-order valence-electron chi connectivity index (χ1n) is 16.6. The zero-order valence-corrected chi connectivity index (χ0v) is 31.7. The molecule has 2 unspecified atom stereocenters. The van der Waals surface area contributed by atoms with Crippen molar-refractivity contribution in [2.75, 3.05) is 19.5 Å². The van der Waals surface area contributed by atoms with Crippen molar-refractivity contribution in [2.45, 2.75) is 83.8 Å². The summed E-state index contributed by atoms with van der Waals surface area (Å²) in [6.07, 6.45) is -0.711. The molecule has 1 fully saturated rings. The van der Waals surface area contributed by atoms with Crippen molar-refractivity contribution in [3.8, 4) is 5.75 Å². The van der Waals surface area contributed by atoms with Gasteiger partial charge in [-0.1, -0.05) is 62.2 Å². The number of nitrogens with zero attached hydrogens (tertiary/aromatic N) is 1. The van der Waals surface area contributed by atoms with E-state index in [2.05, 4.69) is 15.6 Å². The Kier molecular flexibility index (Phi) is 12.9. The summed E-state index contributed by atoms with van der Waals surface area (Å²) in [6.45, 7) is 10.6. The molecule has 10 nitrogen and oxygen atoms in total. The third kappa shape index (κ3) is 9.02. The highest BCUT2D eigenvalue weighted by Gasteiger charge is 2.59. The molecule has 0 aromatic heterocycles. The zero-order chi connectivity index (χ0) is 38.5. The van der Waals surface area contributed by atoms with Crippen LogP contribution in [0, 0.1) is 17.0 Å². The Bertz CT molecular complexity index is 1830. The fourth-order valence-corrected chi connectivity index (χ4v) is 6.93. The monoisotopic (exact) mass is 761 g/mol. The van der Waals surface area contributed by atoms with Gasteiger partial charge in [-0.25, -0.2) is 18.4 Å². The van der Waals surface area contributed by atoms with Gasteiger partial charge in [0.15, 0.2) is 0 Å². The Morgan fingerprint density at radius 2 is 1.73 bits per heavy atom. The fraction of sp³-hybridized carbons (Fsp3) is 0.421. The van der Waals surface area contributed by atoms with E-state index in [-0.39, 0.29) is 43.6 Å². The van der Waals surface area contributed by atoms with E-state index >= 15 is 8.78 Å². The van der Waals surface area contributed by atoms with Crippen LogP contribution in [-0.4, -0.2) is 62.9 Å². The van der Waals surface area contributed by atoms with Crippen LogP contribution in [0.2, 0.25) is 10.0 Å². The number of hydrogen-bond acceptors (Lipinski definition) is 9. The number of anilines is 1. The molecular weight excluding hydrogens is 719 g/mol. The molecule has 0 saturated carbocycles. The molecule has 3 aromatic rings. The van der Waals surface area contributed by atoms with Gasteiger partial charge >= 0.3 is 12.1 Å². The minimum absolute atomic E-state index is 0.0296. The van der Waals surface area contributed by atoms with Gasteiger partial charge in [-0.3, -0.25) is 9.79 Å². The normalized spacial score (nSPS) is 20.8. The molecule has 280 valence electrons. The van der Waals surface area contributed by atoms with Gasteiger partial charge in [0.25, 0.3) is 0 Å². The molecule has 1 amide bonds. The summed E-state index contributed by atoms with van der Waals surface area (Å²) in [4.78, 5) is 43.5. The first-order chi connectivity index (χ1) is 24.4. The summed E-state index contributed by atoms with van der Waals surface area (Å²) in [5.41, 5.74) is -1.32. The van der Waals surface area contributed by atoms with Crippen molar-refractivity contribution in [3.05, 3.63) is 93.0 Å². The Hall–Kier alpha value is -4.26. The number of halogens is 4. The lowest BCUT2D eigenvalue weighted by atomic mass is 9.62. The second-order valence-corrected chi connectivity index (χ2v) is 14.8. The van der Waals surface area contributed by atoms with Crippen molar-refractivity contribution in [1.82, 2.24) is 5.32 Å². The molecule has 52 heavy (non-hydrogen) atoms. The molecule has 0 bridgehead atoms. The second kappa shape index (κ2) is 16.6. The molecule has 0 aliphatic carbocycles. The maximum atomic E-state index is 16.2. The van der Waals surface area contributed by atoms with Gasteiger partial charge < -0.3 is 29.6 Å². The van der Waals surface area contributed by atoms with E-state index in [1.165, 1.54) is 63.5 Å². The van der Waals surface area contributed by atoms with Crippen LogP contribution in [0.3, 0.4) is 0 Å². The van der Waals surface area contributed by atoms with E-state index < -0.39 is 65.5 Å². The average molecular weight is 763 g/mol. The molecule has 4 rings (SSSR count). The molecule has 1 saturated heterocycles. The highest BCUT2D eigenvalue weighted by molar-refractivity contribution is 6.31. The minimum atomic E-state index is -1.41. The number of nitrogens with one attached hydrogen (secondary N) is 2. The summed E-state index contributed by atoms with van der Waals surface area (Å²) in [7, 11) is 2.88. The van der Waals surface area contributed by atoms with Crippen LogP contribution in [-0.2, 0) is 24.4 Å². The predicted molar refractivity (Wildman–Crippen MR) is 196 cm³/mol. The molecule has 1 heterocycles. The van der Waals surface area contributed by atoms with E-state index in [0.29, 0.717) is 6.42 Å². The minimum Gasteiger partial charge on any atom is -0.495 e. The van der Waals surface area contributed by atoms with Crippen LogP contribution < -0.4 is 15.4 Å². The number of ether oxygens (including phenoxy) is 4. The van der Waals surface area contributed by atoms with Gasteiger partial charge in [0.2, 0.25) is 12.2 Å². The van der Waals surface area contributed by atoms with Crippen molar-refractivity contribution in [2.24, 2.45) is 10.4 Å². The molecule has 14 heteroatoms. The van der Waals surface area contributed by atoms with Gasteiger partial charge in [-0.05, 0) is 67.6 Å². The number of amides is 1. The van der Waals surface area contributed by atoms with Gasteiger partial charge in [0.05, 0.1) is 40.9 Å². The lowest BCUT2D eigenvalue weighted by molar-refractivity contribution is -0.118. The van der Waals surface area contributed by atoms with E-state index in [1.54, 1.807) is 32.2 Å². The summed E-state index contributed by atoms with van der Waals surface area (Å²) in [6, 6.07) is 11.1. The predicted octanol–water partition coefficient (Wildman–Crippen LogP) is 8.48. The molecule has 0 spiro atoms. The van der Waals surface area contributed by atoms with Crippen molar-refractivity contribution >= 4 is 53.1 Å². The maximum absolute atomic E-state index is 16.2. The smallest absolute Gasteiger partial charge is 0.495 e. The zero-order valence-electron chi connectivity index (χ0n) is 30.2. The van der Waals surface area contributed by atoms with Gasteiger partial charge in [-0.2, -0.15) is 0 Å². The van der Waals surface area contributed by atoms with Gasteiger partial charge in [0, 0.05) is 42.7 Å². The fourth-order valence-electron chi connectivity index (χ4n) is 6.59. The Labute approximate surface area is 312 Å².